The number of thioether (sulfide) groups is 1. The number of piperidine rings is 1. The Kier molecular flexibility index (Phi) is 11.3. The van der Waals surface area contributed by atoms with Crippen LogP contribution in [0.25, 0.3) is 0 Å². The summed E-state index contributed by atoms with van der Waals surface area (Å²) in [6.07, 6.45) is 11.0. The van der Waals surface area contributed by atoms with E-state index in [-0.39, 0.29) is 41.5 Å². The summed E-state index contributed by atoms with van der Waals surface area (Å²) >= 11 is 1.49. The van der Waals surface area contributed by atoms with Crippen LogP contribution in [0.5, 0.6) is 0 Å². The number of carbonyl (C=O) groups is 6. The molecule has 1 saturated heterocycles. The molecule has 0 radical (unpaired) electrons. The molecule has 3 aliphatic carbocycles. The van der Waals surface area contributed by atoms with Crippen molar-refractivity contribution in [3.63, 3.8) is 0 Å². The second kappa shape index (κ2) is 14.8. The summed E-state index contributed by atoms with van der Waals surface area (Å²) in [5, 5.41) is 11.5. The van der Waals surface area contributed by atoms with Crippen molar-refractivity contribution in [2.75, 3.05) is 18.8 Å². The number of carbonyl (C=O) groups excluding carboxylic acids is 6. The SMILES string of the molecule is C=CCNC(=O)C(=O)C(CC1CC1)NC(=O)[C@@H]1[C@@H]2[C@H](CN1C(=O)[C@@H](NC(=O)[C@@H](NC(=O)C1=CCCS1)C1(C)CCCCC1)C(C)(C)C)C2(C)C. The number of ketones is 1. The number of likely N-dealkylation sites (tertiary alicyclic amines) is 1. The first kappa shape index (κ1) is 38.1. The van der Waals surface area contributed by atoms with Gasteiger partial charge in [-0.2, -0.15) is 0 Å². The third kappa shape index (κ3) is 8.15. The van der Waals surface area contributed by atoms with Crippen LogP contribution in [-0.2, 0) is 28.8 Å². The Morgan fingerprint density at radius 1 is 1.02 bits per heavy atom. The maximum atomic E-state index is 14.7. The maximum Gasteiger partial charge on any atom is 0.289 e. The fourth-order valence-electron chi connectivity index (χ4n) is 8.42. The van der Waals surface area contributed by atoms with E-state index in [0.29, 0.717) is 17.9 Å². The van der Waals surface area contributed by atoms with Crippen LogP contribution in [0.15, 0.2) is 23.6 Å². The average molecular weight is 712 g/mol. The molecule has 5 rings (SSSR count). The maximum absolute atomic E-state index is 14.7. The monoisotopic (exact) mass is 711 g/mol. The van der Waals surface area contributed by atoms with Crippen molar-refractivity contribution in [2.24, 2.45) is 34.0 Å². The van der Waals surface area contributed by atoms with E-state index in [2.05, 4.69) is 41.7 Å². The molecule has 5 aliphatic rings. The summed E-state index contributed by atoms with van der Waals surface area (Å²) in [7, 11) is 0. The number of amides is 5. The second-order valence-electron chi connectivity index (χ2n) is 17.1. The fraction of sp³-hybridized carbons (Fsp3) is 0.737. The molecule has 4 fully saturated rings. The first-order chi connectivity index (χ1) is 23.5. The normalized spacial score (nSPS) is 26.7. The van der Waals surface area contributed by atoms with Gasteiger partial charge in [-0.15, -0.1) is 18.3 Å². The summed E-state index contributed by atoms with van der Waals surface area (Å²) in [6, 6.07) is -3.66. The fourth-order valence-corrected chi connectivity index (χ4v) is 9.30. The molecule has 2 heterocycles. The number of nitrogens with zero attached hydrogens (tertiary/aromatic N) is 1. The molecule has 0 bridgehead atoms. The summed E-state index contributed by atoms with van der Waals surface area (Å²) in [4.78, 5) is 84.6. The molecule has 0 aromatic rings. The van der Waals surface area contributed by atoms with Crippen molar-refractivity contribution in [3.8, 4) is 0 Å². The highest BCUT2D eigenvalue weighted by atomic mass is 32.2. The van der Waals surface area contributed by atoms with Gasteiger partial charge < -0.3 is 26.2 Å². The van der Waals surface area contributed by atoms with Crippen LogP contribution in [0.1, 0.15) is 99.3 Å². The van der Waals surface area contributed by atoms with E-state index in [4.69, 9.17) is 0 Å². The lowest BCUT2D eigenvalue weighted by atomic mass is 9.70. The Bertz CT molecular complexity index is 1420. The Morgan fingerprint density at radius 3 is 2.28 bits per heavy atom. The Labute approximate surface area is 301 Å². The predicted octanol–water partition coefficient (Wildman–Crippen LogP) is 3.63. The van der Waals surface area contributed by atoms with Crippen LogP contribution in [0.3, 0.4) is 0 Å². The third-order valence-electron chi connectivity index (χ3n) is 11.8. The van der Waals surface area contributed by atoms with Gasteiger partial charge in [0.1, 0.15) is 18.1 Å². The van der Waals surface area contributed by atoms with Gasteiger partial charge in [-0.05, 0) is 59.7 Å². The Hall–Kier alpha value is -3.15. The molecular weight excluding hydrogens is 655 g/mol. The zero-order chi connectivity index (χ0) is 36.6. The molecule has 276 valence electrons. The summed E-state index contributed by atoms with van der Waals surface area (Å²) in [6.45, 7) is 15.9. The van der Waals surface area contributed by atoms with Crippen LogP contribution in [0, 0.1) is 34.0 Å². The topological polar surface area (TPSA) is 154 Å². The van der Waals surface area contributed by atoms with Crippen LogP contribution < -0.4 is 21.3 Å². The number of rotatable bonds is 14. The van der Waals surface area contributed by atoms with Crippen molar-refractivity contribution in [1.82, 2.24) is 26.2 Å². The Balaban J connectivity index is 1.37. The minimum atomic E-state index is -0.996. The van der Waals surface area contributed by atoms with Gasteiger partial charge in [-0.3, -0.25) is 28.8 Å². The molecule has 4 N–H and O–H groups in total. The lowest BCUT2D eigenvalue weighted by molar-refractivity contribution is -0.147. The van der Waals surface area contributed by atoms with Gasteiger partial charge in [-0.1, -0.05) is 85.8 Å². The van der Waals surface area contributed by atoms with Crippen molar-refractivity contribution >= 4 is 47.1 Å². The van der Waals surface area contributed by atoms with Crippen molar-refractivity contribution in [2.45, 2.75) is 123 Å². The molecule has 0 aromatic carbocycles. The van der Waals surface area contributed by atoms with Crippen molar-refractivity contribution in [1.29, 1.82) is 0 Å². The minimum absolute atomic E-state index is 0.0809. The molecule has 50 heavy (non-hydrogen) atoms. The first-order valence-corrected chi connectivity index (χ1v) is 19.5. The highest BCUT2D eigenvalue weighted by Crippen LogP contribution is 2.65. The number of hydrogen-bond donors (Lipinski definition) is 4. The van der Waals surface area contributed by atoms with Crippen LogP contribution >= 0.6 is 11.8 Å². The van der Waals surface area contributed by atoms with Gasteiger partial charge in [0.2, 0.25) is 23.5 Å². The van der Waals surface area contributed by atoms with E-state index in [1.807, 2.05) is 33.8 Å². The number of fused-ring (bicyclic) bond motifs is 1. The van der Waals surface area contributed by atoms with E-state index in [9.17, 15) is 28.8 Å². The van der Waals surface area contributed by atoms with Gasteiger partial charge in [0, 0.05) is 18.8 Å². The van der Waals surface area contributed by atoms with Gasteiger partial charge in [-0.25, -0.2) is 0 Å². The largest absolute Gasteiger partial charge is 0.346 e. The molecule has 2 aliphatic heterocycles. The molecule has 11 nitrogen and oxygen atoms in total. The molecule has 0 spiro atoms. The summed E-state index contributed by atoms with van der Waals surface area (Å²) in [5.41, 5.74) is -1.39. The van der Waals surface area contributed by atoms with E-state index >= 15 is 0 Å². The van der Waals surface area contributed by atoms with Crippen molar-refractivity contribution < 1.29 is 28.8 Å². The second-order valence-corrected chi connectivity index (χ2v) is 18.3. The van der Waals surface area contributed by atoms with Gasteiger partial charge >= 0.3 is 0 Å². The van der Waals surface area contributed by atoms with E-state index in [0.717, 1.165) is 57.1 Å². The minimum Gasteiger partial charge on any atom is -0.346 e. The number of Topliss-reactive ketones (excluding diaryl/α,β-unsaturated/α-hetero) is 1. The first-order valence-electron chi connectivity index (χ1n) is 18.5. The third-order valence-corrected chi connectivity index (χ3v) is 13.0. The lowest BCUT2D eigenvalue weighted by Crippen LogP contribution is -2.64. The lowest BCUT2D eigenvalue weighted by Gasteiger charge is -2.42. The van der Waals surface area contributed by atoms with E-state index in [1.54, 1.807) is 4.90 Å². The average Bonchev–Trinajstić information content (AvgIpc) is 3.75. The molecule has 3 saturated carbocycles. The van der Waals surface area contributed by atoms with Gasteiger partial charge in [0.25, 0.3) is 11.8 Å². The van der Waals surface area contributed by atoms with Gasteiger partial charge in [0.15, 0.2) is 0 Å². The highest BCUT2D eigenvalue weighted by Gasteiger charge is 2.70. The molecule has 6 atom stereocenters. The quantitative estimate of drug-likeness (QED) is 0.159. The number of nitrogens with one attached hydrogen (secondary N) is 4. The molecule has 1 unspecified atom stereocenters. The van der Waals surface area contributed by atoms with Crippen LogP contribution in [-0.4, -0.2) is 83.2 Å². The zero-order valence-corrected chi connectivity index (χ0v) is 31.5. The summed E-state index contributed by atoms with van der Waals surface area (Å²) < 4.78 is 0. The summed E-state index contributed by atoms with van der Waals surface area (Å²) in [5.74, 6) is -1.90. The Morgan fingerprint density at radius 2 is 1.70 bits per heavy atom. The number of hydrogen-bond acceptors (Lipinski definition) is 7. The number of allylic oxidation sites excluding steroid dienone is 1. The zero-order valence-electron chi connectivity index (χ0n) is 30.7. The highest BCUT2D eigenvalue weighted by molar-refractivity contribution is 8.04. The van der Waals surface area contributed by atoms with Crippen LogP contribution in [0.2, 0.25) is 0 Å². The van der Waals surface area contributed by atoms with Crippen LogP contribution in [0.4, 0.5) is 0 Å². The van der Waals surface area contributed by atoms with Gasteiger partial charge in [0.05, 0.1) is 10.9 Å². The molecule has 5 amide bonds. The van der Waals surface area contributed by atoms with E-state index < -0.39 is 58.5 Å². The predicted molar refractivity (Wildman–Crippen MR) is 193 cm³/mol. The van der Waals surface area contributed by atoms with Crippen molar-refractivity contribution in [3.05, 3.63) is 23.6 Å². The van der Waals surface area contributed by atoms with E-state index in [1.165, 1.54) is 17.8 Å². The molecular formula is C38H57N5O6S. The molecule has 12 heteroatoms. The smallest absolute Gasteiger partial charge is 0.289 e. The molecule has 0 aromatic heterocycles. The standard InChI is InChI=1S/C38H57N5O6S/c1-8-18-39-33(47)28(44)24(20-22-14-15-22)40-32(46)27-26-23(37(26,5)6)21-43(27)35(49)30(36(2,3)4)42-34(48)29(38(7)16-10-9-11-17-38)41-31(45)25-13-12-19-50-25/h8,13,22-24,26-27,29-30H,1,9-12,14-21H2,2-7H3,(H,39,47)(H,40,46)(H,41,45)(H,42,48)/t23-,24?,26-,27-,29+,30+/m0/s1.